The largest absolute Gasteiger partial charge is 0.394 e. The molecule has 0 aliphatic rings. The summed E-state index contributed by atoms with van der Waals surface area (Å²) in [6, 6.07) is 0. The molecule has 0 saturated carbocycles. The Morgan fingerprint density at radius 3 is 1.69 bits per heavy atom. The maximum atomic E-state index is 9.02. The molecule has 4 heteroatoms. The Hall–Kier alpha value is -0.160. The van der Waals surface area contributed by atoms with E-state index in [-0.39, 0.29) is 6.61 Å². The molecule has 4 nitrogen and oxygen atoms in total. The number of likely N-dealkylation sites (N-methyl/N-ethyl adjacent to an activating group) is 1. The standard InChI is InChI=1S/C7H17NO3.C2H6/c1-8-7(4-9,5-10-2)6-11-3;1-2/h8-9H,4-6H2,1-3H3;1-2H3. The molecule has 13 heavy (non-hydrogen) atoms. The normalized spacial score (nSPS) is 10.6. The Labute approximate surface area is 81.2 Å². The lowest BCUT2D eigenvalue weighted by Crippen LogP contribution is -2.53. The summed E-state index contributed by atoms with van der Waals surface area (Å²) in [6.45, 7) is 4.88. The molecular formula is C9H23NO3. The SMILES string of the molecule is CC.CNC(CO)(COC)COC. The van der Waals surface area contributed by atoms with Gasteiger partial charge in [0.1, 0.15) is 0 Å². The highest BCUT2D eigenvalue weighted by Crippen LogP contribution is 2.03. The van der Waals surface area contributed by atoms with E-state index in [1.54, 1.807) is 21.3 Å². The van der Waals surface area contributed by atoms with E-state index in [9.17, 15) is 0 Å². The Bertz CT molecular complexity index is 86.9. The third kappa shape index (κ3) is 5.99. The maximum Gasteiger partial charge on any atom is 0.0884 e. The van der Waals surface area contributed by atoms with Crippen LogP contribution in [0.5, 0.6) is 0 Å². The fraction of sp³-hybridized carbons (Fsp3) is 1.00. The number of nitrogens with one attached hydrogen (secondary N) is 1. The highest BCUT2D eigenvalue weighted by Gasteiger charge is 2.26. The van der Waals surface area contributed by atoms with E-state index in [4.69, 9.17) is 14.6 Å². The smallest absolute Gasteiger partial charge is 0.0884 e. The molecule has 0 aliphatic carbocycles. The van der Waals surface area contributed by atoms with Gasteiger partial charge in [0.05, 0.1) is 25.4 Å². The molecule has 0 rings (SSSR count). The highest BCUT2D eigenvalue weighted by atomic mass is 16.5. The Morgan fingerprint density at radius 2 is 1.54 bits per heavy atom. The van der Waals surface area contributed by atoms with E-state index in [1.165, 1.54) is 0 Å². The van der Waals surface area contributed by atoms with Gasteiger partial charge in [0.15, 0.2) is 0 Å². The van der Waals surface area contributed by atoms with Gasteiger partial charge in [-0.1, -0.05) is 13.8 Å². The third-order valence-corrected chi connectivity index (χ3v) is 1.67. The van der Waals surface area contributed by atoms with Gasteiger partial charge in [0.2, 0.25) is 0 Å². The average Bonchev–Trinajstić information content (AvgIpc) is 2.20. The lowest BCUT2D eigenvalue weighted by molar-refractivity contribution is 0.0121. The molecule has 82 valence electrons. The van der Waals surface area contributed by atoms with Crippen LogP contribution in [0.1, 0.15) is 13.8 Å². The molecule has 0 aromatic heterocycles. The van der Waals surface area contributed by atoms with Gasteiger partial charge in [-0.2, -0.15) is 0 Å². The lowest BCUT2D eigenvalue weighted by atomic mass is 10.0. The van der Waals surface area contributed by atoms with Crippen LogP contribution in [0.2, 0.25) is 0 Å². The van der Waals surface area contributed by atoms with Crippen molar-refractivity contribution in [3.63, 3.8) is 0 Å². The summed E-state index contributed by atoms with van der Waals surface area (Å²) in [6.07, 6.45) is 0. The van der Waals surface area contributed by atoms with Crippen LogP contribution in [0.4, 0.5) is 0 Å². The molecule has 0 radical (unpaired) electrons. The fourth-order valence-corrected chi connectivity index (χ4v) is 0.909. The van der Waals surface area contributed by atoms with Gasteiger partial charge in [-0.3, -0.25) is 0 Å². The predicted octanol–water partition coefficient (Wildman–Crippen LogP) is 0.256. The van der Waals surface area contributed by atoms with Gasteiger partial charge in [-0.15, -0.1) is 0 Å². The van der Waals surface area contributed by atoms with E-state index in [0.717, 1.165) is 0 Å². The molecule has 0 bridgehead atoms. The summed E-state index contributed by atoms with van der Waals surface area (Å²) < 4.78 is 9.88. The summed E-state index contributed by atoms with van der Waals surface area (Å²) in [5.74, 6) is 0. The van der Waals surface area contributed by atoms with Crippen LogP contribution in [0.3, 0.4) is 0 Å². The van der Waals surface area contributed by atoms with E-state index in [0.29, 0.717) is 13.2 Å². The van der Waals surface area contributed by atoms with Crippen molar-refractivity contribution in [3.05, 3.63) is 0 Å². The first-order valence-electron chi connectivity index (χ1n) is 4.52. The number of hydrogen-bond donors (Lipinski definition) is 2. The van der Waals surface area contributed by atoms with Crippen LogP contribution >= 0.6 is 0 Å². The monoisotopic (exact) mass is 193 g/mol. The van der Waals surface area contributed by atoms with Gasteiger partial charge in [-0.05, 0) is 7.05 Å². The first-order chi connectivity index (χ1) is 6.24. The molecule has 0 unspecified atom stereocenters. The summed E-state index contributed by atoms with van der Waals surface area (Å²) in [5.41, 5.74) is -0.455. The Balaban J connectivity index is 0. The lowest BCUT2D eigenvalue weighted by Gasteiger charge is -2.29. The van der Waals surface area contributed by atoms with Crippen molar-refractivity contribution in [1.29, 1.82) is 0 Å². The maximum absolute atomic E-state index is 9.02. The van der Waals surface area contributed by atoms with Crippen molar-refractivity contribution in [2.24, 2.45) is 0 Å². The van der Waals surface area contributed by atoms with E-state index < -0.39 is 5.54 Å². The van der Waals surface area contributed by atoms with Crippen LogP contribution in [0.25, 0.3) is 0 Å². The fourth-order valence-electron chi connectivity index (χ4n) is 0.909. The Morgan fingerprint density at radius 1 is 1.15 bits per heavy atom. The van der Waals surface area contributed by atoms with Crippen molar-refractivity contribution in [2.75, 3.05) is 41.1 Å². The zero-order valence-electron chi connectivity index (χ0n) is 9.39. The number of methoxy groups -OCH3 is 2. The van der Waals surface area contributed by atoms with E-state index in [2.05, 4.69) is 5.32 Å². The number of aliphatic hydroxyl groups is 1. The van der Waals surface area contributed by atoms with Crippen molar-refractivity contribution >= 4 is 0 Å². The average molecular weight is 193 g/mol. The van der Waals surface area contributed by atoms with Crippen molar-refractivity contribution in [2.45, 2.75) is 19.4 Å². The number of rotatable bonds is 6. The van der Waals surface area contributed by atoms with Gasteiger partial charge in [-0.25, -0.2) is 0 Å². The molecular weight excluding hydrogens is 170 g/mol. The number of aliphatic hydroxyl groups excluding tert-OH is 1. The molecule has 0 aliphatic heterocycles. The molecule has 0 aromatic rings. The third-order valence-electron chi connectivity index (χ3n) is 1.67. The second kappa shape index (κ2) is 9.92. The minimum Gasteiger partial charge on any atom is -0.394 e. The Kier molecular flexibility index (Phi) is 11.7. The van der Waals surface area contributed by atoms with Crippen LogP contribution in [-0.4, -0.2) is 51.7 Å². The summed E-state index contributed by atoms with van der Waals surface area (Å²) in [5, 5.41) is 12.0. The zero-order valence-corrected chi connectivity index (χ0v) is 9.39. The van der Waals surface area contributed by atoms with Crippen LogP contribution in [0.15, 0.2) is 0 Å². The van der Waals surface area contributed by atoms with Crippen molar-refractivity contribution < 1.29 is 14.6 Å². The summed E-state index contributed by atoms with van der Waals surface area (Å²) in [4.78, 5) is 0. The summed E-state index contributed by atoms with van der Waals surface area (Å²) >= 11 is 0. The molecule has 2 N–H and O–H groups in total. The quantitative estimate of drug-likeness (QED) is 0.635. The molecule has 0 aromatic carbocycles. The molecule has 0 saturated heterocycles. The predicted molar refractivity (Wildman–Crippen MR) is 54.0 cm³/mol. The summed E-state index contributed by atoms with van der Waals surface area (Å²) in [7, 11) is 4.96. The number of hydrogen-bond acceptors (Lipinski definition) is 4. The minimum absolute atomic E-state index is 0.00514. The van der Waals surface area contributed by atoms with E-state index >= 15 is 0 Å². The van der Waals surface area contributed by atoms with Crippen LogP contribution < -0.4 is 5.32 Å². The first-order valence-corrected chi connectivity index (χ1v) is 4.52. The first kappa shape index (κ1) is 15.3. The van der Waals surface area contributed by atoms with Gasteiger partial charge in [0, 0.05) is 14.2 Å². The van der Waals surface area contributed by atoms with E-state index in [1.807, 2.05) is 13.8 Å². The van der Waals surface area contributed by atoms with Crippen molar-refractivity contribution in [1.82, 2.24) is 5.32 Å². The highest BCUT2D eigenvalue weighted by molar-refractivity contribution is 4.85. The van der Waals surface area contributed by atoms with Crippen molar-refractivity contribution in [3.8, 4) is 0 Å². The topological polar surface area (TPSA) is 50.7 Å². The number of ether oxygens (including phenoxy) is 2. The zero-order chi connectivity index (χ0) is 10.7. The molecule has 0 spiro atoms. The second-order valence-corrected chi connectivity index (χ2v) is 2.55. The molecule has 0 atom stereocenters. The van der Waals surface area contributed by atoms with Gasteiger partial charge >= 0.3 is 0 Å². The molecule has 0 heterocycles. The van der Waals surface area contributed by atoms with Gasteiger partial charge < -0.3 is 19.9 Å². The van der Waals surface area contributed by atoms with Crippen LogP contribution in [-0.2, 0) is 9.47 Å². The van der Waals surface area contributed by atoms with Crippen LogP contribution in [0, 0.1) is 0 Å². The second-order valence-electron chi connectivity index (χ2n) is 2.55. The van der Waals surface area contributed by atoms with Gasteiger partial charge in [0.25, 0.3) is 0 Å². The molecule has 0 amide bonds. The molecule has 0 fully saturated rings. The minimum atomic E-state index is -0.455.